The van der Waals surface area contributed by atoms with E-state index in [1.807, 2.05) is 0 Å². The van der Waals surface area contributed by atoms with Crippen molar-refractivity contribution in [2.75, 3.05) is 12.3 Å². The Kier molecular flexibility index (Phi) is 3.39. The maximum atomic E-state index is 11.6. The molecule has 1 heterocycles. The minimum atomic E-state index is -0.306. The zero-order chi connectivity index (χ0) is 11.4. The standard InChI is InChI=1S/C12H16N2O2/c13-11-6-5-10(7-14-11)12(15)16-8-9-3-1-2-4-9/h5-7,9H,1-4,8H2,(H2,13,14). The van der Waals surface area contributed by atoms with E-state index in [1.165, 1.54) is 31.9 Å². The largest absolute Gasteiger partial charge is 0.462 e. The molecule has 1 aromatic heterocycles. The van der Waals surface area contributed by atoms with Gasteiger partial charge in [-0.15, -0.1) is 0 Å². The SMILES string of the molecule is Nc1ccc(C(=O)OCC2CCCC2)cn1. The predicted molar refractivity (Wildman–Crippen MR) is 60.9 cm³/mol. The van der Waals surface area contributed by atoms with Crippen LogP contribution in [0.25, 0.3) is 0 Å². The van der Waals surface area contributed by atoms with E-state index in [0.717, 1.165) is 0 Å². The lowest BCUT2D eigenvalue weighted by atomic mass is 10.1. The molecule has 1 aliphatic rings. The number of carbonyl (C=O) groups is 1. The van der Waals surface area contributed by atoms with Crippen molar-refractivity contribution in [3.63, 3.8) is 0 Å². The predicted octanol–water partition coefficient (Wildman–Crippen LogP) is 2.01. The van der Waals surface area contributed by atoms with Crippen molar-refractivity contribution in [2.24, 2.45) is 5.92 Å². The maximum Gasteiger partial charge on any atom is 0.339 e. The van der Waals surface area contributed by atoms with Crippen molar-refractivity contribution in [2.45, 2.75) is 25.7 Å². The highest BCUT2D eigenvalue weighted by Crippen LogP contribution is 2.24. The third kappa shape index (κ3) is 2.72. The Morgan fingerprint density at radius 1 is 1.44 bits per heavy atom. The minimum absolute atomic E-state index is 0.306. The molecule has 0 radical (unpaired) electrons. The van der Waals surface area contributed by atoms with Gasteiger partial charge in [0.25, 0.3) is 0 Å². The molecule has 1 aliphatic carbocycles. The zero-order valence-electron chi connectivity index (χ0n) is 9.19. The number of anilines is 1. The van der Waals surface area contributed by atoms with Crippen LogP contribution >= 0.6 is 0 Å². The normalized spacial score (nSPS) is 16.2. The highest BCUT2D eigenvalue weighted by atomic mass is 16.5. The van der Waals surface area contributed by atoms with E-state index in [0.29, 0.717) is 23.9 Å². The number of pyridine rings is 1. The number of nitrogen functional groups attached to an aromatic ring is 1. The second-order valence-corrected chi connectivity index (χ2v) is 4.22. The Hall–Kier alpha value is -1.58. The van der Waals surface area contributed by atoms with Gasteiger partial charge in [0, 0.05) is 6.20 Å². The zero-order valence-corrected chi connectivity index (χ0v) is 9.19. The summed E-state index contributed by atoms with van der Waals surface area (Å²) in [7, 11) is 0. The van der Waals surface area contributed by atoms with Crippen LogP contribution in [0.1, 0.15) is 36.0 Å². The fourth-order valence-electron chi connectivity index (χ4n) is 1.98. The van der Waals surface area contributed by atoms with E-state index < -0.39 is 0 Å². The summed E-state index contributed by atoms with van der Waals surface area (Å²) in [6.07, 6.45) is 6.31. The Morgan fingerprint density at radius 2 is 2.19 bits per heavy atom. The van der Waals surface area contributed by atoms with Crippen molar-refractivity contribution in [1.29, 1.82) is 0 Å². The van der Waals surface area contributed by atoms with Crippen molar-refractivity contribution >= 4 is 11.8 Å². The van der Waals surface area contributed by atoms with Gasteiger partial charge >= 0.3 is 5.97 Å². The van der Waals surface area contributed by atoms with E-state index in [1.54, 1.807) is 12.1 Å². The first-order valence-electron chi connectivity index (χ1n) is 5.64. The molecule has 16 heavy (non-hydrogen) atoms. The number of nitrogens with zero attached hydrogens (tertiary/aromatic N) is 1. The molecular weight excluding hydrogens is 204 g/mol. The number of rotatable bonds is 3. The second-order valence-electron chi connectivity index (χ2n) is 4.22. The molecule has 86 valence electrons. The third-order valence-corrected chi connectivity index (χ3v) is 2.95. The first-order valence-corrected chi connectivity index (χ1v) is 5.64. The van der Waals surface area contributed by atoms with Gasteiger partial charge < -0.3 is 10.5 Å². The number of nitrogens with two attached hydrogens (primary N) is 1. The number of hydrogen-bond donors (Lipinski definition) is 1. The molecule has 0 amide bonds. The second kappa shape index (κ2) is 4.96. The van der Waals surface area contributed by atoms with Gasteiger partial charge in [0.2, 0.25) is 0 Å². The summed E-state index contributed by atoms with van der Waals surface area (Å²) in [4.78, 5) is 15.5. The summed E-state index contributed by atoms with van der Waals surface area (Å²) in [5.74, 6) is 0.650. The monoisotopic (exact) mass is 220 g/mol. The molecule has 0 aliphatic heterocycles. The molecular formula is C12H16N2O2. The number of ether oxygens (including phenoxy) is 1. The number of esters is 1. The molecule has 0 spiro atoms. The molecule has 1 fully saturated rings. The fraction of sp³-hybridized carbons (Fsp3) is 0.500. The van der Waals surface area contributed by atoms with E-state index in [-0.39, 0.29) is 5.97 Å². The molecule has 0 unspecified atom stereocenters. The van der Waals surface area contributed by atoms with Crippen molar-refractivity contribution in [1.82, 2.24) is 4.98 Å². The van der Waals surface area contributed by atoms with Crippen molar-refractivity contribution in [3.8, 4) is 0 Å². The first kappa shape index (κ1) is 10.9. The topological polar surface area (TPSA) is 65.2 Å². The molecule has 0 saturated heterocycles. The smallest absolute Gasteiger partial charge is 0.339 e. The minimum Gasteiger partial charge on any atom is -0.462 e. The molecule has 1 saturated carbocycles. The van der Waals surface area contributed by atoms with Gasteiger partial charge in [0.15, 0.2) is 0 Å². The summed E-state index contributed by atoms with van der Waals surface area (Å²) in [5.41, 5.74) is 5.90. The summed E-state index contributed by atoms with van der Waals surface area (Å²) in [5, 5.41) is 0. The first-order chi connectivity index (χ1) is 7.75. The van der Waals surface area contributed by atoms with Crippen LogP contribution in [0.5, 0.6) is 0 Å². The molecule has 4 nitrogen and oxygen atoms in total. The summed E-state index contributed by atoms with van der Waals surface area (Å²) in [6, 6.07) is 3.24. The van der Waals surface area contributed by atoms with Crippen LogP contribution in [0.2, 0.25) is 0 Å². The van der Waals surface area contributed by atoms with Crippen molar-refractivity contribution < 1.29 is 9.53 Å². The molecule has 4 heteroatoms. The van der Waals surface area contributed by atoms with E-state index in [2.05, 4.69) is 4.98 Å². The van der Waals surface area contributed by atoms with Crippen LogP contribution in [0.15, 0.2) is 18.3 Å². The van der Waals surface area contributed by atoms with Crippen LogP contribution in [0.3, 0.4) is 0 Å². The highest BCUT2D eigenvalue weighted by molar-refractivity contribution is 5.89. The van der Waals surface area contributed by atoms with E-state index in [4.69, 9.17) is 10.5 Å². The van der Waals surface area contributed by atoms with Gasteiger partial charge in [0.1, 0.15) is 5.82 Å². The molecule has 0 bridgehead atoms. The molecule has 0 aromatic carbocycles. The third-order valence-electron chi connectivity index (χ3n) is 2.95. The van der Waals surface area contributed by atoms with Crippen LogP contribution in [-0.2, 0) is 4.74 Å². The summed E-state index contributed by atoms with van der Waals surface area (Å²) < 4.78 is 5.23. The fourth-order valence-corrected chi connectivity index (χ4v) is 1.98. The van der Waals surface area contributed by atoms with Crippen LogP contribution in [-0.4, -0.2) is 17.6 Å². The van der Waals surface area contributed by atoms with Crippen LogP contribution < -0.4 is 5.73 Å². The van der Waals surface area contributed by atoms with E-state index in [9.17, 15) is 4.79 Å². The van der Waals surface area contributed by atoms with E-state index >= 15 is 0 Å². The Labute approximate surface area is 94.8 Å². The number of hydrogen-bond acceptors (Lipinski definition) is 4. The quantitative estimate of drug-likeness (QED) is 0.791. The Morgan fingerprint density at radius 3 is 2.81 bits per heavy atom. The highest BCUT2D eigenvalue weighted by Gasteiger charge is 2.17. The molecule has 2 rings (SSSR count). The Bertz CT molecular complexity index is 356. The van der Waals surface area contributed by atoms with Gasteiger partial charge in [0.05, 0.1) is 12.2 Å². The summed E-state index contributed by atoms with van der Waals surface area (Å²) >= 11 is 0. The molecule has 2 N–H and O–H groups in total. The number of aromatic nitrogens is 1. The maximum absolute atomic E-state index is 11.6. The van der Waals surface area contributed by atoms with Crippen LogP contribution in [0.4, 0.5) is 5.82 Å². The lowest BCUT2D eigenvalue weighted by molar-refractivity contribution is 0.0442. The molecule has 1 aromatic rings. The Balaban J connectivity index is 1.85. The van der Waals surface area contributed by atoms with Gasteiger partial charge in [-0.2, -0.15) is 0 Å². The lowest BCUT2D eigenvalue weighted by Gasteiger charge is -2.09. The summed E-state index contributed by atoms with van der Waals surface area (Å²) in [6.45, 7) is 0.531. The van der Waals surface area contributed by atoms with Gasteiger partial charge in [-0.1, -0.05) is 12.8 Å². The number of carbonyl (C=O) groups excluding carboxylic acids is 1. The van der Waals surface area contributed by atoms with Crippen molar-refractivity contribution in [3.05, 3.63) is 23.9 Å². The van der Waals surface area contributed by atoms with Gasteiger partial charge in [-0.05, 0) is 30.9 Å². The van der Waals surface area contributed by atoms with Gasteiger partial charge in [-0.3, -0.25) is 0 Å². The van der Waals surface area contributed by atoms with Gasteiger partial charge in [-0.25, -0.2) is 9.78 Å². The average molecular weight is 220 g/mol. The average Bonchev–Trinajstić information content (AvgIpc) is 2.80. The van der Waals surface area contributed by atoms with Crippen LogP contribution in [0, 0.1) is 5.92 Å². The lowest BCUT2D eigenvalue weighted by Crippen LogP contribution is -2.12. The molecule has 0 atom stereocenters.